The molecule has 118 valence electrons. The highest BCUT2D eigenvalue weighted by Crippen LogP contribution is 2.34. The first-order valence-electron chi connectivity index (χ1n) is 6.75. The van der Waals surface area contributed by atoms with Crippen LogP contribution in [0.3, 0.4) is 0 Å². The molecule has 2 aromatic carbocycles. The Bertz CT molecular complexity index is 948. The SMILES string of the molecule is Cc1ccc2c(COc3cc(Cl)c(Cl)cc3Cl)cc(=O)oc2c1. The van der Waals surface area contributed by atoms with E-state index in [9.17, 15) is 4.79 Å². The average Bonchev–Trinajstić information content (AvgIpc) is 2.48. The number of hydrogen-bond acceptors (Lipinski definition) is 3. The van der Waals surface area contributed by atoms with Crippen LogP contribution in [-0.2, 0) is 6.61 Å². The zero-order valence-electron chi connectivity index (χ0n) is 12.0. The van der Waals surface area contributed by atoms with Crippen molar-refractivity contribution in [3.63, 3.8) is 0 Å². The minimum absolute atomic E-state index is 0.156. The number of ether oxygens (including phenoxy) is 1. The van der Waals surface area contributed by atoms with E-state index in [-0.39, 0.29) is 6.61 Å². The predicted octanol–water partition coefficient (Wildman–Crippen LogP) is 5.64. The largest absolute Gasteiger partial charge is 0.487 e. The summed E-state index contributed by atoms with van der Waals surface area (Å²) in [6.07, 6.45) is 0. The van der Waals surface area contributed by atoms with Crippen LogP contribution in [0.4, 0.5) is 0 Å². The summed E-state index contributed by atoms with van der Waals surface area (Å²) in [4.78, 5) is 11.7. The Labute approximate surface area is 147 Å². The molecule has 0 fully saturated rings. The normalized spacial score (nSPS) is 11.0. The molecule has 23 heavy (non-hydrogen) atoms. The standard InChI is InChI=1S/C17H11Cl3O3/c1-9-2-3-11-10(5-17(21)23-15(11)4-9)8-22-16-7-13(19)12(18)6-14(16)20/h2-7H,8H2,1H3. The van der Waals surface area contributed by atoms with Crippen LogP contribution in [0.2, 0.25) is 15.1 Å². The van der Waals surface area contributed by atoms with E-state index < -0.39 is 5.63 Å². The minimum atomic E-state index is -0.429. The van der Waals surface area contributed by atoms with Gasteiger partial charge in [0.2, 0.25) is 0 Å². The molecule has 6 heteroatoms. The van der Waals surface area contributed by atoms with E-state index in [2.05, 4.69) is 0 Å². The molecule has 0 amide bonds. The third-order valence-electron chi connectivity index (χ3n) is 3.34. The molecule has 0 unspecified atom stereocenters. The molecule has 0 saturated heterocycles. The van der Waals surface area contributed by atoms with Gasteiger partial charge in [0.25, 0.3) is 0 Å². The Morgan fingerprint density at radius 2 is 1.74 bits per heavy atom. The summed E-state index contributed by atoms with van der Waals surface area (Å²) in [7, 11) is 0. The molecule has 0 radical (unpaired) electrons. The summed E-state index contributed by atoms with van der Waals surface area (Å²) in [6.45, 7) is 2.08. The topological polar surface area (TPSA) is 39.4 Å². The molecule has 0 aliphatic carbocycles. The number of hydrogen-bond donors (Lipinski definition) is 0. The molecule has 0 bridgehead atoms. The van der Waals surface area contributed by atoms with Gasteiger partial charge in [0.1, 0.15) is 17.9 Å². The smallest absolute Gasteiger partial charge is 0.336 e. The first-order chi connectivity index (χ1) is 10.9. The zero-order valence-corrected chi connectivity index (χ0v) is 14.3. The van der Waals surface area contributed by atoms with Crippen molar-refractivity contribution in [2.24, 2.45) is 0 Å². The van der Waals surface area contributed by atoms with Crippen LogP contribution in [0.5, 0.6) is 5.75 Å². The van der Waals surface area contributed by atoms with Crippen molar-refractivity contribution >= 4 is 45.8 Å². The van der Waals surface area contributed by atoms with Crippen molar-refractivity contribution in [2.75, 3.05) is 0 Å². The van der Waals surface area contributed by atoms with E-state index >= 15 is 0 Å². The molecule has 0 N–H and O–H groups in total. The van der Waals surface area contributed by atoms with Gasteiger partial charge in [0.05, 0.1) is 15.1 Å². The van der Waals surface area contributed by atoms with Crippen LogP contribution < -0.4 is 10.4 Å². The molecule has 1 heterocycles. The highest BCUT2D eigenvalue weighted by Gasteiger charge is 2.10. The quantitative estimate of drug-likeness (QED) is 0.443. The fourth-order valence-electron chi connectivity index (χ4n) is 2.23. The highest BCUT2D eigenvalue weighted by molar-refractivity contribution is 6.43. The molecule has 3 aromatic rings. The molecule has 3 rings (SSSR count). The van der Waals surface area contributed by atoms with Crippen molar-refractivity contribution in [3.8, 4) is 5.75 Å². The van der Waals surface area contributed by atoms with E-state index in [1.807, 2.05) is 25.1 Å². The van der Waals surface area contributed by atoms with Crippen LogP contribution in [-0.4, -0.2) is 0 Å². The summed E-state index contributed by atoms with van der Waals surface area (Å²) < 4.78 is 10.9. The number of benzene rings is 2. The first kappa shape index (κ1) is 16.2. The summed E-state index contributed by atoms with van der Waals surface area (Å²) >= 11 is 18.0. The maximum absolute atomic E-state index is 11.7. The van der Waals surface area contributed by atoms with E-state index in [1.165, 1.54) is 12.1 Å². The summed E-state index contributed by atoms with van der Waals surface area (Å²) in [5.74, 6) is 0.398. The van der Waals surface area contributed by atoms with Crippen molar-refractivity contribution in [2.45, 2.75) is 13.5 Å². The lowest BCUT2D eigenvalue weighted by Gasteiger charge is -2.11. The van der Waals surface area contributed by atoms with Crippen LogP contribution in [0.15, 0.2) is 45.6 Å². The van der Waals surface area contributed by atoms with Crippen molar-refractivity contribution in [1.82, 2.24) is 0 Å². The third kappa shape index (κ3) is 3.47. The molecule has 0 spiro atoms. The van der Waals surface area contributed by atoms with Gasteiger partial charge in [-0.15, -0.1) is 0 Å². The summed E-state index contributed by atoms with van der Waals surface area (Å²) in [5, 5.41) is 1.86. The van der Waals surface area contributed by atoms with Gasteiger partial charge >= 0.3 is 5.63 Å². The first-order valence-corrected chi connectivity index (χ1v) is 7.88. The van der Waals surface area contributed by atoms with Gasteiger partial charge < -0.3 is 9.15 Å². The van der Waals surface area contributed by atoms with Crippen LogP contribution >= 0.6 is 34.8 Å². The summed E-state index contributed by atoms with van der Waals surface area (Å²) in [6, 6.07) is 10.1. The van der Waals surface area contributed by atoms with Crippen LogP contribution in [0.25, 0.3) is 11.0 Å². The van der Waals surface area contributed by atoms with Crippen molar-refractivity contribution < 1.29 is 9.15 Å². The number of aryl methyl sites for hydroxylation is 1. The van der Waals surface area contributed by atoms with Gasteiger partial charge in [-0.05, 0) is 24.6 Å². The fraction of sp³-hybridized carbons (Fsp3) is 0.118. The molecule has 3 nitrogen and oxygen atoms in total. The van der Waals surface area contributed by atoms with E-state index in [0.717, 1.165) is 10.9 Å². The molecule has 0 saturated carbocycles. The van der Waals surface area contributed by atoms with Gasteiger partial charge in [-0.1, -0.05) is 46.9 Å². The maximum atomic E-state index is 11.7. The van der Waals surface area contributed by atoms with E-state index in [4.69, 9.17) is 44.0 Å². The molecular formula is C17H11Cl3O3. The van der Waals surface area contributed by atoms with Crippen LogP contribution in [0, 0.1) is 6.92 Å². The van der Waals surface area contributed by atoms with Crippen LogP contribution in [0.1, 0.15) is 11.1 Å². The Morgan fingerprint density at radius 1 is 1.00 bits per heavy atom. The molecule has 1 aromatic heterocycles. The Kier molecular flexibility index (Phi) is 4.53. The Hall–Kier alpha value is -1.68. The second-order valence-electron chi connectivity index (χ2n) is 5.08. The van der Waals surface area contributed by atoms with Crippen molar-refractivity contribution in [1.29, 1.82) is 0 Å². The van der Waals surface area contributed by atoms with Gasteiger partial charge in [-0.2, -0.15) is 0 Å². The van der Waals surface area contributed by atoms with Gasteiger partial charge in [0, 0.05) is 23.1 Å². The lowest BCUT2D eigenvalue weighted by atomic mass is 10.1. The van der Waals surface area contributed by atoms with Gasteiger partial charge in [-0.3, -0.25) is 0 Å². The number of rotatable bonds is 3. The Morgan fingerprint density at radius 3 is 2.52 bits per heavy atom. The third-order valence-corrected chi connectivity index (χ3v) is 4.36. The van der Waals surface area contributed by atoms with Gasteiger partial charge in [0.15, 0.2) is 0 Å². The lowest BCUT2D eigenvalue weighted by molar-refractivity contribution is 0.307. The molecular weight excluding hydrogens is 359 g/mol. The highest BCUT2D eigenvalue weighted by atomic mass is 35.5. The second kappa shape index (κ2) is 6.44. The predicted molar refractivity (Wildman–Crippen MR) is 93.0 cm³/mol. The fourth-order valence-corrected chi connectivity index (χ4v) is 2.82. The zero-order chi connectivity index (χ0) is 16.6. The Balaban J connectivity index is 1.96. The lowest BCUT2D eigenvalue weighted by Crippen LogP contribution is -2.04. The molecule has 0 aliphatic heterocycles. The average molecular weight is 370 g/mol. The van der Waals surface area contributed by atoms with Gasteiger partial charge in [-0.25, -0.2) is 4.79 Å². The van der Waals surface area contributed by atoms with E-state index in [1.54, 1.807) is 6.07 Å². The van der Waals surface area contributed by atoms with E-state index in [0.29, 0.717) is 32.0 Å². The number of fused-ring (bicyclic) bond motifs is 1. The second-order valence-corrected chi connectivity index (χ2v) is 6.30. The maximum Gasteiger partial charge on any atom is 0.336 e. The molecule has 0 atom stereocenters. The number of halogens is 3. The molecule has 0 aliphatic rings. The summed E-state index contributed by atoms with van der Waals surface area (Å²) in [5.41, 5.74) is 1.81. The minimum Gasteiger partial charge on any atom is -0.487 e. The van der Waals surface area contributed by atoms with Crippen molar-refractivity contribution in [3.05, 3.63) is 73.0 Å². The monoisotopic (exact) mass is 368 g/mol.